The average Bonchev–Trinajstić information content (AvgIpc) is 2.27. The highest BCUT2D eigenvalue weighted by Gasteiger charge is 2.23. The Hall–Kier alpha value is -1.39. The van der Waals surface area contributed by atoms with E-state index in [1.807, 2.05) is 13.8 Å². The van der Waals surface area contributed by atoms with Crippen molar-refractivity contribution in [3.63, 3.8) is 0 Å². The lowest BCUT2D eigenvalue weighted by Gasteiger charge is -2.19. The van der Waals surface area contributed by atoms with E-state index in [1.165, 1.54) is 18.2 Å². The molecule has 1 aromatic rings. The van der Waals surface area contributed by atoms with Gasteiger partial charge in [0.25, 0.3) is 0 Å². The van der Waals surface area contributed by atoms with Gasteiger partial charge in [-0.05, 0) is 26.3 Å². The molecule has 0 saturated heterocycles. The smallest absolute Gasteiger partial charge is 0.325 e. The maximum atomic E-state index is 11.5. The Labute approximate surface area is 108 Å². The minimum Gasteiger partial charge on any atom is -0.468 e. The molecule has 0 amide bonds. The monoisotopic (exact) mass is 251 g/mol. The van der Waals surface area contributed by atoms with Crippen LogP contribution in [-0.4, -0.2) is 30.3 Å². The molecule has 0 spiro atoms. The molecule has 2 N–H and O–H groups in total. The first-order valence-electron chi connectivity index (χ1n) is 6.00. The minimum absolute atomic E-state index is 0.450. The Bertz CT molecular complexity index is 395. The molecule has 0 saturated carbocycles. The van der Waals surface area contributed by atoms with E-state index in [0.29, 0.717) is 6.54 Å². The highest BCUT2D eigenvalue weighted by molar-refractivity contribution is 5.76. The number of esters is 1. The first kappa shape index (κ1) is 14.7. The quantitative estimate of drug-likeness (QED) is 0.775. The summed E-state index contributed by atoms with van der Waals surface area (Å²) in [5.74, 6) is -0.450. The van der Waals surface area contributed by atoms with E-state index in [0.717, 1.165) is 5.56 Å². The van der Waals surface area contributed by atoms with E-state index in [1.54, 1.807) is 6.92 Å². The van der Waals surface area contributed by atoms with Gasteiger partial charge >= 0.3 is 5.97 Å². The summed E-state index contributed by atoms with van der Waals surface area (Å²) in [6, 6.07) is 5.50. The molecule has 4 nitrogen and oxygen atoms in total. The molecular formula is C14H21NO3. The number of carbonyl (C=O) groups excluding carboxylic acids is 1. The minimum atomic E-state index is -0.789. The largest absolute Gasteiger partial charge is 0.468 e. The second kappa shape index (κ2) is 6.52. The zero-order valence-corrected chi connectivity index (χ0v) is 11.4. The van der Waals surface area contributed by atoms with E-state index >= 15 is 0 Å². The number of aryl methyl sites for hydroxylation is 2. The van der Waals surface area contributed by atoms with Crippen LogP contribution in [0.2, 0.25) is 0 Å². The van der Waals surface area contributed by atoms with Crippen LogP contribution in [0.15, 0.2) is 18.2 Å². The molecule has 18 heavy (non-hydrogen) atoms. The van der Waals surface area contributed by atoms with Crippen LogP contribution in [0.5, 0.6) is 0 Å². The lowest BCUT2D eigenvalue weighted by atomic mass is 10.1. The van der Waals surface area contributed by atoms with E-state index in [9.17, 15) is 9.90 Å². The summed E-state index contributed by atoms with van der Waals surface area (Å²) < 4.78 is 4.65. The van der Waals surface area contributed by atoms with E-state index in [-0.39, 0.29) is 0 Å². The van der Waals surface area contributed by atoms with Crippen molar-refractivity contribution in [3.8, 4) is 0 Å². The molecule has 0 bridgehead atoms. The van der Waals surface area contributed by atoms with E-state index in [2.05, 4.69) is 28.3 Å². The number of aliphatic hydroxyl groups excluding tert-OH is 1. The number of aliphatic hydroxyl groups is 1. The van der Waals surface area contributed by atoms with Crippen LogP contribution in [0.3, 0.4) is 0 Å². The van der Waals surface area contributed by atoms with Crippen molar-refractivity contribution in [3.05, 3.63) is 34.9 Å². The fourth-order valence-corrected chi connectivity index (χ4v) is 1.98. The normalized spacial score (nSPS) is 14.1. The SMILES string of the molecule is COC(=O)[C@H](NCc1cc(C)cc(C)c1)[C@H](C)O. The van der Waals surface area contributed by atoms with Gasteiger partial charge in [-0.25, -0.2) is 0 Å². The van der Waals surface area contributed by atoms with Crippen LogP contribution in [0.25, 0.3) is 0 Å². The van der Waals surface area contributed by atoms with Gasteiger partial charge in [0, 0.05) is 6.54 Å². The van der Waals surface area contributed by atoms with Crippen molar-refractivity contribution < 1.29 is 14.6 Å². The Balaban J connectivity index is 2.69. The molecule has 1 rings (SSSR count). The van der Waals surface area contributed by atoms with Gasteiger partial charge in [0.05, 0.1) is 13.2 Å². The Morgan fingerprint density at radius 2 is 1.89 bits per heavy atom. The van der Waals surface area contributed by atoms with Gasteiger partial charge in [0.2, 0.25) is 0 Å². The third kappa shape index (κ3) is 4.13. The number of ether oxygens (including phenoxy) is 1. The van der Waals surface area contributed by atoms with Gasteiger partial charge < -0.3 is 9.84 Å². The Kier molecular flexibility index (Phi) is 5.31. The van der Waals surface area contributed by atoms with Crippen LogP contribution >= 0.6 is 0 Å². The van der Waals surface area contributed by atoms with Crippen LogP contribution in [-0.2, 0) is 16.1 Å². The number of rotatable bonds is 5. The standard InChI is InChI=1S/C14H21NO3/c1-9-5-10(2)7-12(6-9)8-15-13(11(3)16)14(17)18-4/h5-7,11,13,15-16H,8H2,1-4H3/t11-,13+/m0/s1. The fourth-order valence-electron chi connectivity index (χ4n) is 1.98. The number of carbonyl (C=O) groups is 1. The van der Waals surface area contributed by atoms with Crippen LogP contribution < -0.4 is 5.32 Å². The molecule has 0 aromatic heterocycles. The van der Waals surface area contributed by atoms with E-state index < -0.39 is 18.1 Å². The number of nitrogens with one attached hydrogen (secondary N) is 1. The van der Waals surface area contributed by atoms with Crippen molar-refractivity contribution in [2.45, 2.75) is 39.5 Å². The lowest BCUT2D eigenvalue weighted by Crippen LogP contribution is -2.45. The first-order valence-corrected chi connectivity index (χ1v) is 6.00. The summed E-state index contributed by atoms with van der Waals surface area (Å²) in [7, 11) is 1.32. The van der Waals surface area contributed by atoms with Crippen LogP contribution in [0.4, 0.5) is 0 Å². The number of hydrogen-bond acceptors (Lipinski definition) is 4. The van der Waals surface area contributed by atoms with Gasteiger partial charge in [-0.15, -0.1) is 0 Å². The van der Waals surface area contributed by atoms with Crippen LogP contribution in [0.1, 0.15) is 23.6 Å². The second-order valence-electron chi connectivity index (χ2n) is 4.62. The van der Waals surface area contributed by atoms with Crippen molar-refractivity contribution in [2.75, 3.05) is 7.11 Å². The summed E-state index contributed by atoms with van der Waals surface area (Å²) in [6.45, 7) is 6.15. The molecule has 100 valence electrons. The Morgan fingerprint density at radius 3 is 2.33 bits per heavy atom. The van der Waals surface area contributed by atoms with Crippen molar-refractivity contribution in [1.29, 1.82) is 0 Å². The van der Waals surface area contributed by atoms with Gasteiger partial charge in [0.15, 0.2) is 0 Å². The average molecular weight is 251 g/mol. The predicted octanol–water partition coefficient (Wildman–Crippen LogP) is 1.32. The molecule has 0 fully saturated rings. The summed E-state index contributed by atoms with van der Waals surface area (Å²) in [6.07, 6.45) is -0.789. The molecule has 1 aromatic carbocycles. The maximum Gasteiger partial charge on any atom is 0.325 e. The molecule has 0 aliphatic carbocycles. The molecule has 0 aliphatic heterocycles. The molecule has 2 atom stereocenters. The molecule has 0 unspecified atom stereocenters. The highest BCUT2D eigenvalue weighted by Crippen LogP contribution is 2.09. The Morgan fingerprint density at radius 1 is 1.33 bits per heavy atom. The predicted molar refractivity (Wildman–Crippen MR) is 70.2 cm³/mol. The van der Waals surface area contributed by atoms with Gasteiger partial charge in [-0.1, -0.05) is 29.3 Å². The zero-order chi connectivity index (χ0) is 13.7. The topological polar surface area (TPSA) is 58.6 Å². The van der Waals surface area contributed by atoms with Gasteiger partial charge in [-0.2, -0.15) is 0 Å². The third-order valence-electron chi connectivity index (χ3n) is 2.75. The molecule has 0 heterocycles. The van der Waals surface area contributed by atoms with E-state index in [4.69, 9.17) is 0 Å². The van der Waals surface area contributed by atoms with Crippen molar-refractivity contribution in [1.82, 2.24) is 5.32 Å². The van der Waals surface area contributed by atoms with Crippen molar-refractivity contribution in [2.24, 2.45) is 0 Å². The first-order chi connectivity index (χ1) is 8.43. The lowest BCUT2D eigenvalue weighted by molar-refractivity contribution is -0.145. The zero-order valence-electron chi connectivity index (χ0n) is 11.4. The summed E-state index contributed by atoms with van der Waals surface area (Å²) in [5.41, 5.74) is 3.44. The van der Waals surface area contributed by atoms with Gasteiger partial charge in [-0.3, -0.25) is 10.1 Å². The second-order valence-corrected chi connectivity index (χ2v) is 4.62. The molecule has 0 radical (unpaired) electrons. The summed E-state index contributed by atoms with van der Waals surface area (Å²) in [5, 5.41) is 12.6. The number of benzene rings is 1. The summed E-state index contributed by atoms with van der Waals surface area (Å²) >= 11 is 0. The molecular weight excluding hydrogens is 230 g/mol. The number of hydrogen-bond donors (Lipinski definition) is 2. The number of methoxy groups -OCH3 is 1. The third-order valence-corrected chi connectivity index (χ3v) is 2.75. The maximum absolute atomic E-state index is 11.5. The van der Waals surface area contributed by atoms with Crippen molar-refractivity contribution >= 4 is 5.97 Å². The highest BCUT2D eigenvalue weighted by atomic mass is 16.5. The fraction of sp³-hybridized carbons (Fsp3) is 0.500. The molecule has 4 heteroatoms. The van der Waals surface area contributed by atoms with Gasteiger partial charge in [0.1, 0.15) is 6.04 Å². The van der Waals surface area contributed by atoms with Crippen LogP contribution in [0, 0.1) is 13.8 Å². The molecule has 0 aliphatic rings. The summed E-state index contributed by atoms with van der Waals surface area (Å²) in [4.78, 5) is 11.5.